The molecule has 38 heavy (non-hydrogen) atoms. The molecule has 3 aromatic rings. The van der Waals surface area contributed by atoms with Crippen molar-refractivity contribution in [3.63, 3.8) is 0 Å². The number of hydrogen-bond donors (Lipinski definition) is 2. The molecule has 0 aliphatic carbocycles. The molecule has 0 aromatic heterocycles. The standard InChI is InChI=1S/C27H22ClN3O6S/c1-36-22-13-17(7-12-21(22)37-16-25(33)30-19-5-3-2-4-6-19)14-23-26(34)31(27(35)38-23)15-24(32)29-20-10-8-18(28)9-11-20/h2-14H,15-16H2,1H3,(H,29,32)(H,30,33)/b23-14-. The van der Waals surface area contributed by atoms with Crippen LogP contribution in [0, 0.1) is 0 Å². The fourth-order valence-electron chi connectivity index (χ4n) is 3.42. The van der Waals surface area contributed by atoms with Gasteiger partial charge in [0.1, 0.15) is 6.54 Å². The number of thioether (sulfide) groups is 1. The van der Waals surface area contributed by atoms with Crippen LogP contribution < -0.4 is 20.1 Å². The van der Waals surface area contributed by atoms with E-state index in [0.717, 1.165) is 16.7 Å². The maximum absolute atomic E-state index is 12.8. The van der Waals surface area contributed by atoms with Crippen LogP contribution in [0.2, 0.25) is 5.02 Å². The van der Waals surface area contributed by atoms with E-state index < -0.39 is 23.6 Å². The predicted molar refractivity (Wildman–Crippen MR) is 146 cm³/mol. The van der Waals surface area contributed by atoms with Crippen molar-refractivity contribution in [3.05, 3.63) is 88.3 Å². The van der Waals surface area contributed by atoms with Crippen LogP contribution >= 0.6 is 23.4 Å². The normalized spacial score (nSPS) is 13.9. The predicted octanol–water partition coefficient (Wildman–Crippen LogP) is 5.04. The summed E-state index contributed by atoms with van der Waals surface area (Å²) in [4.78, 5) is 50.8. The van der Waals surface area contributed by atoms with E-state index in [1.54, 1.807) is 54.6 Å². The second kappa shape index (κ2) is 12.3. The first-order valence-electron chi connectivity index (χ1n) is 11.3. The molecule has 1 fully saturated rings. The number of nitrogens with one attached hydrogen (secondary N) is 2. The van der Waals surface area contributed by atoms with Crippen molar-refractivity contribution in [3.8, 4) is 11.5 Å². The van der Waals surface area contributed by atoms with E-state index in [-0.39, 0.29) is 17.4 Å². The molecule has 1 aliphatic rings. The van der Waals surface area contributed by atoms with Crippen LogP contribution in [-0.2, 0) is 14.4 Å². The molecule has 0 spiro atoms. The minimum absolute atomic E-state index is 0.159. The molecule has 0 atom stereocenters. The molecule has 0 unspecified atom stereocenters. The van der Waals surface area contributed by atoms with Gasteiger partial charge >= 0.3 is 0 Å². The number of hydrogen-bond acceptors (Lipinski definition) is 7. The van der Waals surface area contributed by atoms with E-state index in [4.69, 9.17) is 21.1 Å². The quantitative estimate of drug-likeness (QED) is 0.358. The molecule has 1 aliphatic heterocycles. The van der Waals surface area contributed by atoms with Gasteiger partial charge in [0, 0.05) is 16.4 Å². The molecule has 1 saturated heterocycles. The first kappa shape index (κ1) is 26.8. The van der Waals surface area contributed by atoms with E-state index in [9.17, 15) is 19.2 Å². The Balaban J connectivity index is 1.38. The summed E-state index contributed by atoms with van der Waals surface area (Å²) in [7, 11) is 1.45. The molecule has 9 nitrogen and oxygen atoms in total. The first-order valence-corrected chi connectivity index (χ1v) is 12.5. The summed E-state index contributed by atoms with van der Waals surface area (Å²) >= 11 is 6.58. The largest absolute Gasteiger partial charge is 0.493 e. The van der Waals surface area contributed by atoms with Crippen molar-refractivity contribution < 1.29 is 28.7 Å². The highest BCUT2D eigenvalue weighted by Gasteiger charge is 2.36. The van der Waals surface area contributed by atoms with E-state index in [2.05, 4.69) is 10.6 Å². The molecule has 0 saturated carbocycles. The van der Waals surface area contributed by atoms with Crippen molar-refractivity contribution in [2.24, 2.45) is 0 Å². The van der Waals surface area contributed by atoms with Crippen LogP contribution in [0.3, 0.4) is 0 Å². The Morgan fingerprint density at radius 1 is 0.921 bits per heavy atom. The molecular formula is C27H22ClN3O6S. The van der Waals surface area contributed by atoms with E-state index >= 15 is 0 Å². The van der Waals surface area contributed by atoms with Crippen LogP contribution in [-0.4, -0.2) is 48.1 Å². The fourth-order valence-corrected chi connectivity index (χ4v) is 4.38. The number of halogens is 1. The number of benzene rings is 3. The molecule has 0 bridgehead atoms. The molecule has 11 heteroatoms. The lowest BCUT2D eigenvalue weighted by atomic mass is 10.2. The average molecular weight is 552 g/mol. The number of ether oxygens (including phenoxy) is 2. The van der Waals surface area contributed by atoms with Gasteiger partial charge in [-0.1, -0.05) is 35.9 Å². The molecule has 4 rings (SSSR count). The second-order valence-electron chi connectivity index (χ2n) is 7.94. The number of imide groups is 1. The zero-order chi connectivity index (χ0) is 27.1. The summed E-state index contributed by atoms with van der Waals surface area (Å²) in [5.41, 5.74) is 1.72. The van der Waals surface area contributed by atoms with Crippen LogP contribution in [0.5, 0.6) is 11.5 Å². The second-order valence-corrected chi connectivity index (χ2v) is 9.37. The lowest BCUT2D eigenvalue weighted by Crippen LogP contribution is -2.36. The number of rotatable bonds is 9. The molecule has 3 aromatic carbocycles. The topological polar surface area (TPSA) is 114 Å². The van der Waals surface area contributed by atoms with Crippen LogP contribution in [0.25, 0.3) is 6.08 Å². The third-order valence-corrected chi connectivity index (χ3v) is 6.36. The Hall–Kier alpha value is -4.28. The Kier molecular flexibility index (Phi) is 8.67. The summed E-state index contributed by atoms with van der Waals surface area (Å²) in [5.74, 6) is -0.762. The lowest BCUT2D eigenvalue weighted by Gasteiger charge is -2.12. The Labute approximate surface area is 227 Å². The lowest BCUT2D eigenvalue weighted by molar-refractivity contribution is -0.127. The summed E-state index contributed by atoms with van der Waals surface area (Å²) in [6.07, 6.45) is 1.52. The number of anilines is 2. The van der Waals surface area contributed by atoms with E-state index in [1.807, 2.05) is 18.2 Å². The van der Waals surface area contributed by atoms with Gasteiger partial charge < -0.3 is 20.1 Å². The van der Waals surface area contributed by atoms with Gasteiger partial charge in [-0.05, 0) is 71.9 Å². The number of methoxy groups -OCH3 is 1. The molecule has 4 amide bonds. The molecule has 194 valence electrons. The summed E-state index contributed by atoms with van der Waals surface area (Å²) in [6.45, 7) is -0.659. The summed E-state index contributed by atoms with van der Waals surface area (Å²) in [6, 6.07) is 20.3. The average Bonchev–Trinajstić information content (AvgIpc) is 3.16. The van der Waals surface area contributed by atoms with Gasteiger partial charge in [0.25, 0.3) is 17.1 Å². The highest BCUT2D eigenvalue weighted by atomic mass is 35.5. The minimum atomic E-state index is -0.580. The van der Waals surface area contributed by atoms with Gasteiger partial charge in [0.05, 0.1) is 12.0 Å². The molecule has 0 radical (unpaired) electrons. The van der Waals surface area contributed by atoms with Gasteiger partial charge in [-0.15, -0.1) is 0 Å². The SMILES string of the molecule is COc1cc(/C=C2\SC(=O)N(CC(=O)Nc3ccc(Cl)cc3)C2=O)ccc1OCC(=O)Nc1ccccc1. The van der Waals surface area contributed by atoms with Crippen molar-refractivity contribution >= 4 is 63.8 Å². The molecular weight excluding hydrogens is 530 g/mol. The van der Waals surface area contributed by atoms with Gasteiger partial charge in [-0.3, -0.25) is 24.1 Å². The third kappa shape index (κ3) is 6.93. The smallest absolute Gasteiger partial charge is 0.294 e. The van der Waals surface area contributed by atoms with Crippen LogP contribution in [0.1, 0.15) is 5.56 Å². The van der Waals surface area contributed by atoms with Crippen molar-refractivity contribution in [1.82, 2.24) is 4.90 Å². The monoisotopic (exact) mass is 551 g/mol. The zero-order valence-electron chi connectivity index (χ0n) is 20.1. The number of amides is 4. The number of para-hydroxylation sites is 1. The van der Waals surface area contributed by atoms with Crippen molar-refractivity contribution in [2.45, 2.75) is 0 Å². The fraction of sp³-hybridized carbons (Fsp3) is 0.111. The Bertz CT molecular complexity index is 1400. The third-order valence-electron chi connectivity index (χ3n) is 5.21. The van der Waals surface area contributed by atoms with Gasteiger partial charge in [0.2, 0.25) is 5.91 Å². The molecule has 2 N–H and O–H groups in total. The summed E-state index contributed by atoms with van der Waals surface area (Å²) < 4.78 is 11.0. The van der Waals surface area contributed by atoms with Gasteiger partial charge in [-0.25, -0.2) is 0 Å². The Morgan fingerprint density at radius 3 is 2.32 bits per heavy atom. The summed E-state index contributed by atoms with van der Waals surface area (Å²) in [5, 5.41) is 5.32. The minimum Gasteiger partial charge on any atom is -0.493 e. The highest BCUT2D eigenvalue weighted by Crippen LogP contribution is 2.34. The van der Waals surface area contributed by atoms with Crippen molar-refractivity contribution in [2.75, 3.05) is 30.9 Å². The first-order chi connectivity index (χ1) is 18.3. The number of nitrogens with zero attached hydrogens (tertiary/aromatic N) is 1. The van der Waals surface area contributed by atoms with E-state index in [0.29, 0.717) is 33.5 Å². The van der Waals surface area contributed by atoms with Crippen LogP contribution in [0.4, 0.5) is 16.2 Å². The van der Waals surface area contributed by atoms with Gasteiger partial charge in [-0.2, -0.15) is 0 Å². The highest BCUT2D eigenvalue weighted by molar-refractivity contribution is 8.18. The Morgan fingerprint density at radius 2 is 1.61 bits per heavy atom. The van der Waals surface area contributed by atoms with Crippen molar-refractivity contribution in [1.29, 1.82) is 0 Å². The number of carbonyl (C=O) groups is 4. The van der Waals surface area contributed by atoms with E-state index in [1.165, 1.54) is 13.2 Å². The van der Waals surface area contributed by atoms with Crippen LogP contribution in [0.15, 0.2) is 77.7 Å². The zero-order valence-corrected chi connectivity index (χ0v) is 21.7. The van der Waals surface area contributed by atoms with Gasteiger partial charge in [0.15, 0.2) is 18.1 Å². The number of carbonyl (C=O) groups excluding carboxylic acids is 4. The maximum Gasteiger partial charge on any atom is 0.294 e. The maximum atomic E-state index is 12.8. The molecule has 1 heterocycles.